The van der Waals surface area contributed by atoms with Crippen molar-refractivity contribution in [1.82, 2.24) is 10.3 Å². The molecular formula is C44H59FN2O6Si. The minimum atomic E-state index is -1.31. The lowest BCUT2D eigenvalue weighted by molar-refractivity contribution is -0.290. The summed E-state index contributed by atoms with van der Waals surface area (Å²) in [6, 6.07) is 14.0. The van der Waals surface area contributed by atoms with E-state index < -0.39 is 25.6 Å². The topological polar surface area (TPSA) is 96.0 Å². The van der Waals surface area contributed by atoms with Gasteiger partial charge in [0.1, 0.15) is 11.4 Å². The highest BCUT2D eigenvalue weighted by atomic mass is 28.3. The van der Waals surface area contributed by atoms with Gasteiger partial charge in [-0.15, -0.1) is 0 Å². The second-order valence-corrected chi connectivity index (χ2v) is 23.2. The summed E-state index contributed by atoms with van der Waals surface area (Å²) in [5, 5.41) is 2.93. The molecule has 2 aliphatic rings. The normalized spacial score (nSPS) is 18.5. The molecule has 1 aliphatic heterocycles. The standard InChI is InChI=1S/C44H59FN2O6Si/c1-28(2)40-36(21-20-33-25-34(52-44(6,7)51-33)26-38(48)53-43(3,4)5)39(31-16-18-32(45)19-17-31)35-13-11-12-30-15-14-29(24-37(30)41(35)47-40)27-46-42(49)50-22-23-54(8,9)10/h14-21,24,28,33-34H,11-13,22-23,25-27H2,1-10H3,(H,46,49)/t33-,34-/m1/s1. The number of carbonyl (C=O) groups is 2. The number of fused-ring (bicyclic) bond motifs is 3. The Balaban J connectivity index is 1.53. The Morgan fingerprint density at radius 1 is 1.07 bits per heavy atom. The fraction of sp³-hybridized carbons (Fsp3) is 0.523. The van der Waals surface area contributed by atoms with E-state index in [0.29, 0.717) is 19.6 Å². The second-order valence-electron chi connectivity index (χ2n) is 17.6. The van der Waals surface area contributed by atoms with Crippen LogP contribution in [-0.4, -0.2) is 55.3 Å². The van der Waals surface area contributed by atoms with Crippen LogP contribution < -0.4 is 5.32 Å². The highest BCUT2D eigenvalue weighted by molar-refractivity contribution is 6.76. The van der Waals surface area contributed by atoms with Crippen LogP contribution >= 0.6 is 0 Å². The van der Waals surface area contributed by atoms with Gasteiger partial charge in [-0.25, -0.2) is 9.18 Å². The molecule has 1 fully saturated rings. The molecule has 54 heavy (non-hydrogen) atoms. The van der Waals surface area contributed by atoms with Crippen LogP contribution in [0.2, 0.25) is 25.7 Å². The zero-order valence-electron chi connectivity index (χ0n) is 33.9. The summed E-state index contributed by atoms with van der Waals surface area (Å²) in [7, 11) is -1.31. The number of hydrogen-bond acceptors (Lipinski definition) is 7. The molecule has 10 heteroatoms. The molecule has 1 N–H and O–H groups in total. The third kappa shape index (κ3) is 11.3. The molecule has 0 unspecified atom stereocenters. The Morgan fingerprint density at radius 3 is 2.46 bits per heavy atom. The van der Waals surface area contributed by atoms with Gasteiger partial charge < -0.3 is 24.3 Å². The Hall–Kier alpha value is -3.86. The predicted octanol–water partition coefficient (Wildman–Crippen LogP) is 10.4. The van der Waals surface area contributed by atoms with Gasteiger partial charge in [0.15, 0.2) is 5.79 Å². The summed E-state index contributed by atoms with van der Waals surface area (Å²) < 4.78 is 38.0. The van der Waals surface area contributed by atoms with Gasteiger partial charge in [-0.1, -0.05) is 69.9 Å². The SMILES string of the molecule is CC(C)c1nc2c(c(-c3ccc(F)cc3)c1C=C[C@@H]1C[C@H](CC(=O)OC(C)(C)C)OC(C)(C)O1)CCCc1ccc(CNC(=O)OCC[Si](C)(C)C)cc1-2. The molecule has 0 spiro atoms. The molecule has 2 heterocycles. The highest BCUT2D eigenvalue weighted by Gasteiger charge is 2.36. The number of pyridine rings is 1. The summed E-state index contributed by atoms with van der Waals surface area (Å²) in [4.78, 5) is 30.7. The second kappa shape index (κ2) is 16.9. The van der Waals surface area contributed by atoms with E-state index in [2.05, 4.69) is 63.1 Å². The minimum Gasteiger partial charge on any atom is -0.460 e. The fourth-order valence-electron chi connectivity index (χ4n) is 7.15. The molecule has 2 atom stereocenters. The van der Waals surface area contributed by atoms with Crippen molar-refractivity contribution in [2.75, 3.05) is 6.61 Å². The van der Waals surface area contributed by atoms with Crippen molar-refractivity contribution in [2.45, 2.75) is 142 Å². The Labute approximate surface area is 322 Å². The number of alkyl carbamates (subject to hydrolysis) is 1. The summed E-state index contributed by atoms with van der Waals surface area (Å²) in [5.74, 6) is -1.45. The van der Waals surface area contributed by atoms with Gasteiger partial charge in [-0.05, 0) is 112 Å². The van der Waals surface area contributed by atoms with E-state index in [-0.39, 0.29) is 36.3 Å². The number of aryl methyl sites for hydroxylation is 1. The lowest BCUT2D eigenvalue weighted by atomic mass is 9.86. The first kappa shape index (κ1) is 41.3. The zero-order chi connectivity index (χ0) is 39.4. The maximum atomic E-state index is 14.4. The van der Waals surface area contributed by atoms with Crippen molar-refractivity contribution in [1.29, 1.82) is 0 Å². The first-order chi connectivity index (χ1) is 25.3. The monoisotopic (exact) mass is 758 g/mol. The maximum Gasteiger partial charge on any atom is 0.407 e. The van der Waals surface area contributed by atoms with Gasteiger partial charge in [0.05, 0.1) is 36.6 Å². The van der Waals surface area contributed by atoms with Gasteiger partial charge in [0.25, 0.3) is 0 Å². The van der Waals surface area contributed by atoms with Gasteiger partial charge in [-0.2, -0.15) is 0 Å². The molecule has 8 nitrogen and oxygen atoms in total. The number of halogens is 1. The van der Waals surface area contributed by atoms with E-state index in [1.54, 1.807) is 0 Å². The maximum absolute atomic E-state index is 14.4. The van der Waals surface area contributed by atoms with Crippen molar-refractivity contribution >= 4 is 26.2 Å². The van der Waals surface area contributed by atoms with Crippen LogP contribution in [0.25, 0.3) is 28.5 Å². The van der Waals surface area contributed by atoms with Crippen LogP contribution in [-0.2, 0) is 43.1 Å². The number of hydrogen-bond donors (Lipinski definition) is 1. The molecular weight excluding hydrogens is 700 g/mol. The van der Waals surface area contributed by atoms with Crippen LogP contribution in [0.1, 0.15) is 102 Å². The number of amides is 1. The molecule has 1 amide bonds. The summed E-state index contributed by atoms with van der Waals surface area (Å²) in [6.45, 7) is 21.1. The van der Waals surface area contributed by atoms with Gasteiger partial charge in [0.2, 0.25) is 0 Å². The highest BCUT2D eigenvalue weighted by Crippen LogP contribution is 2.43. The van der Waals surface area contributed by atoms with Gasteiger partial charge in [0, 0.05) is 32.2 Å². The average molecular weight is 759 g/mol. The Kier molecular flexibility index (Phi) is 12.9. The smallest absolute Gasteiger partial charge is 0.407 e. The molecule has 3 aromatic rings. The fourth-order valence-corrected chi connectivity index (χ4v) is 7.86. The first-order valence-electron chi connectivity index (χ1n) is 19.4. The number of benzene rings is 2. The lowest BCUT2D eigenvalue weighted by Crippen LogP contribution is -2.45. The van der Waals surface area contributed by atoms with Crippen LogP contribution in [0.5, 0.6) is 0 Å². The van der Waals surface area contributed by atoms with Crippen molar-refractivity contribution in [3.63, 3.8) is 0 Å². The van der Waals surface area contributed by atoms with E-state index in [4.69, 9.17) is 23.9 Å². The molecule has 1 aliphatic carbocycles. The van der Waals surface area contributed by atoms with E-state index in [1.165, 1.54) is 17.7 Å². The lowest BCUT2D eigenvalue weighted by Gasteiger charge is -2.40. The number of rotatable bonds is 11. The number of ether oxygens (including phenoxy) is 4. The van der Waals surface area contributed by atoms with Crippen molar-refractivity contribution in [3.8, 4) is 22.4 Å². The summed E-state index contributed by atoms with van der Waals surface area (Å²) >= 11 is 0. The molecule has 0 radical (unpaired) electrons. The first-order valence-corrected chi connectivity index (χ1v) is 23.1. The molecule has 5 rings (SSSR count). The molecule has 0 bridgehead atoms. The third-order valence-electron chi connectivity index (χ3n) is 9.54. The molecule has 2 aromatic carbocycles. The Bertz CT molecular complexity index is 1840. The quantitative estimate of drug-likeness (QED) is 0.154. The Morgan fingerprint density at radius 2 is 1.80 bits per heavy atom. The van der Waals surface area contributed by atoms with Crippen LogP contribution in [0.4, 0.5) is 9.18 Å². The number of nitrogens with zero attached hydrogens (tertiary/aromatic N) is 1. The van der Waals surface area contributed by atoms with Crippen LogP contribution in [0.15, 0.2) is 48.5 Å². The molecule has 1 aromatic heterocycles. The molecule has 1 saturated heterocycles. The zero-order valence-corrected chi connectivity index (χ0v) is 34.9. The van der Waals surface area contributed by atoms with Gasteiger partial charge >= 0.3 is 12.1 Å². The van der Waals surface area contributed by atoms with E-state index in [1.807, 2.05) is 52.8 Å². The van der Waals surface area contributed by atoms with E-state index >= 15 is 0 Å². The summed E-state index contributed by atoms with van der Waals surface area (Å²) in [6.07, 6.45) is 6.23. The average Bonchev–Trinajstić information content (AvgIpc) is 3.23. The summed E-state index contributed by atoms with van der Waals surface area (Å²) in [5.41, 5.74) is 8.49. The minimum absolute atomic E-state index is 0.0589. The van der Waals surface area contributed by atoms with Crippen molar-refractivity contribution in [2.24, 2.45) is 0 Å². The van der Waals surface area contributed by atoms with E-state index in [0.717, 1.165) is 70.1 Å². The molecule has 292 valence electrons. The number of carbonyl (C=O) groups excluding carboxylic acids is 2. The number of aromatic nitrogens is 1. The number of esters is 1. The van der Waals surface area contributed by atoms with Crippen LogP contribution in [0.3, 0.4) is 0 Å². The van der Waals surface area contributed by atoms with Crippen molar-refractivity contribution < 1.29 is 32.9 Å². The van der Waals surface area contributed by atoms with E-state index in [9.17, 15) is 14.0 Å². The third-order valence-corrected chi connectivity index (χ3v) is 11.2. The van der Waals surface area contributed by atoms with Gasteiger partial charge in [-0.3, -0.25) is 9.78 Å². The van der Waals surface area contributed by atoms with Crippen molar-refractivity contribution in [3.05, 3.63) is 82.3 Å². The van der Waals surface area contributed by atoms with Crippen LogP contribution in [0, 0.1) is 5.82 Å². The molecule has 0 saturated carbocycles. The number of nitrogens with one attached hydrogen (secondary N) is 1. The largest absolute Gasteiger partial charge is 0.460 e. The predicted molar refractivity (Wildman–Crippen MR) is 215 cm³/mol.